The Morgan fingerprint density at radius 1 is 1.10 bits per heavy atom. The van der Waals surface area contributed by atoms with Crippen molar-refractivity contribution in [3.05, 3.63) is 80.2 Å². The zero-order valence-corrected chi connectivity index (χ0v) is 16.9. The van der Waals surface area contributed by atoms with E-state index in [-0.39, 0.29) is 18.3 Å². The highest BCUT2D eigenvalue weighted by atomic mass is 19.1. The van der Waals surface area contributed by atoms with Crippen LogP contribution >= 0.6 is 0 Å². The van der Waals surface area contributed by atoms with Crippen molar-refractivity contribution >= 4 is 16.8 Å². The van der Waals surface area contributed by atoms with Crippen molar-refractivity contribution < 1.29 is 13.9 Å². The van der Waals surface area contributed by atoms with Gasteiger partial charge in [-0.2, -0.15) is 0 Å². The van der Waals surface area contributed by atoms with Crippen LogP contribution in [0.4, 0.5) is 4.39 Å². The Morgan fingerprint density at radius 3 is 2.58 bits per heavy atom. The van der Waals surface area contributed by atoms with Crippen molar-refractivity contribution in [2.75, 3.05) is 39.4 Å². The first-order valence-electron chi connectivity index (χ1n) is 10.1. The number of carbonyl (C=O) groups excluding carboxylic acids is 1. The molecular formula is C22H23FN4O4. The summed E-state index contributed by atoms with van der Waals surface area (Å²) >= 11 is 0. The van der Waals surface area contributed by atoms with E-state index >= 15 is 0 Å². The van der Waals surface area contributed by atoms with Crippen LogP contribution in [0, 0.1) is 5.82 Å². The summed E-state index contributed by atoms with van der Waals surface area (Å²) in [5.74, 6) is -0.661. The molecule has 0 aliphatic carbocycles. The maximum atomic E-state index is 13.1. The molecule has 4 rings (SSSR count). The second kappa shape index (κ2) is 9.23. The molecule has 0 atom stereocenters. The van der Waals surface area contributed by atoms with Crippen LogP contribution in [0.15, 0.2) is 52.1 Å². The SMILES string of the molecule is O=C(NCCN1CCOCC1)c1ccc2c(=O)n(Cc3ccc(F)cc3)c(=O)[nH]c2c1. The van der Waals surface area contributed by atoms with Gasteiger partial charge in [-0.25, -0.2) is 9.18 Å². The van der Waals surface area contributed by atoms with Crippen molar-refractivity contribution in [2.45, 2.75) is 6.54 Å². The van der Waals surface area contributed by atoms with Crippen molar-refractivity contribution in [1.29, 1.82) is 0 Å². The number of amides is 1. The minimum atomic E-state index is -0.591. The molecular weight excluding hydrogens is 403 g/mol. The third-order valence-corrected chi connectivity index (χ3v) is 5.32. The molecule has 162 valence electrons. The van der Waals surface area contributed by atoms with E-state index in [1.807, 2.05) is 0 Å². The fourth-order valence-corrected chi connectivity index (χ4v) is 3.57. The van der Waals surface area contributed by atoms with E-state index in [4.69, 9.17) is 4.74 Å². The first-order chi connectivity index (χ1) is 15.0. The molecule has 0 bridgehead atoms. The maximum absolute atomic E-state index is 13.1. The number of ether oxygens (including phenoxy) is 1. The molecule has 0 unspecified atom stereocenters. The van der Waals surface area contributed by atoms with Gasteiger partial charge >= 0.3 is 5.69 Å². The van der Waals surface area contributed by atoms with Gasteiger partial charge in [-0.1, -0.05) is 12.1 Å². The molecule has 2 heterocycles. The second-order valence-corrected chi connectivity index (χ2v) is 7.42. The van der Waals surface area contributed by atoms with E-state index in [1.54, 1.807) is 6.07 Å². The van der Waals surface area contributed by atoms with E-state index in [2.05, 4.69) is 15.2 Å². The molecule has 31 heavy (non-hydrogen) atoms. The van der Waals surface area contributed by atoms with Gasteiger partial charge in [0.15, 0.2) is 0 Å². The number of H-pyrrole nitrogens is 1. The van der Waals surface area contributed by atoms with Gasteiger partial charge in [0.05, 0.1) is 30.7 Å². The lowest BCUT2D eigenvalue weighted by atomic mass is 10.1. The molecule has 0 radical (unpaired) electrons. The number of rotatable bonds is 6. The number of aromatic amines is 1. The zero-order chi connectivity index (χ0) is 21.8. The monoisotopic (exact) mass is 426 g/mol. The Labute approximate surface area is 177 Å². The van der Waals surface area contributed by atoms with Crippen LogP contribution in [0.3, 0.4) is 0 Å². The molecule has 2 aromatic carbocycles. The van der Waals surface area contributed by atoms with Crippen LogP contribution in [-0.2, 0) is 11.3 Å². The molecule has 8 nitrogen and oxygen atoms in total. The van der Waals surface area contributed by atoms with E-state index in [0.29, 0.717) is 41.8 Å². The molecule has 1 saturated heterocycles. The van der Waals surface area contributed by atoms with Gasteiger partial charge in [0.1, 0.15) is 5.82 Å². The van der Waals surface area contributed by atoms with Crippen LogP contribution in [0.25, 0.3) is 10.9 Å². The van der Waals surface area contributed by atoms with Crippen LogP contribution in [0.5, 0.6) is 0 Å². The van der Waals surface area contributed by atoms with Crippen LogP contribution < -0.4 is 16.6 Å². The number of nitrogens with zero attached hydrogens (tertiary/aromatic N) is 2. The molecule has 0 spiro atoms. The summed E-state index contributed by atoms with van der Waals surface area (Å²) in [5.41, 5.74) is 0.227. The Hall–Kier alpha value is -3.30. The fraction of sp³-hybridized carbons (Fsp3) is 0.318. The molecule has 1 amide bonds. The highest BCUT2D eigenvalue weighted by Gasteiger charge is 2.13. The fourth-order valence-electron chi connectivity index (χ4n) is 3.57. The van der Waals surface area contributed by atoms with E-state index in [1.165, 1.54) is 36.4 Å². The number of benzene rings is 2. The van der Waals surface area contributed by atoms with E-state index in [0.717, 1.165) is 24.2 Å². The van der Waals surface area contributed by atoms with Crippen molar-refractivity contribution in [1.82, 2.24) is 19.8 Å². The number of hydrogen-bond donors (Lipinski definition) is 2. The molecule has 1 aliphatic heterocycles. The molecule has 1 aliphatic rings. The minimum Gasteiger partial charge on any atom is -0.379 e. The number of halogens is 1. The molecule has 1 aromatic heterocycles. The number of fused-ring (bicyclic) bond motifs is 1. The van der Waals surface area contributed by atoms with Gasteiger partial charge in [-0.3, -0.25) is 19.1 Å². The minimum absolute atomic E-state index is 0.0220. The average Bonchev–Trinajstić information content (AvgIpc) is 2.78. The molecule has 9 heteroatoms. The number of hydrogen-bond acceptors (Lipinski definition) is 5. The van der Waals surface area contributed by atoms with Crippen LogP contribution in [-0.4, -0.2) is 59.8 Å². The number of morpholine rings is 1. The smallest absolute Gasteiger partial charge is 0.329 e. The largest absolute Gasteiger partial charge is 0.379 e. The number of carbonyl (C=O) groups is 1. The summed E-state index contributed by atoms with van der Waals surface area (Å²) < 4.78 is 19.4. The number of nitrogens with one attached hydrogen (secondary N) is 2. The third-order valence-electron chi connectivity index (χ3n) is 5.32. The highest BCUT2D eigenvalue weighted by Crippen LogP contribution is 2.10. The van der Waals surface area contributed by atoms with Gasteiger partial charge in [0.25, 0.3) is 11.5 Å². The summed E-state index contributed by atoms with van der Waals surface area (Å²) in [6, 6.07) is 10.2. The average molecular weight is 426 g/mol. The van der Waals surface area contributed by atoms with Gasteiger partial charge in [0, 0.05) is 31.7 Å². The van der Waals surface area contributed by atoms with Crippen molar-refractivity contribution in [3.63, 3.8) is 0 Å². The summed E-state index contributed by atoms with van der Waals surface area (Å²) in [7, 11) is 0. The van der Waals surface area contributed by atoms with Gasteiger partial charge in [-0.15, -0.1) is 0 Å². The van der Waals surface area contributed by atoms with E-state index in [9.17, 15) is 18.8 Å². The van der Waals surface area contributed by atoms with Gasteiger partial charge in [-0.05, 0) is 35.9 Å². The Morgan fingerprint density at radius 2 is 1.84 bits per heavy atom. The topological polar surface area (TPSA) is 96.4 Å². The Bertz CT molecular complexity index is 1200. The zero-order valence-electron chi connectivity index (χ0n) is 16.9. The lowest BCUT2D eigenvalue weighted by Gasteiger charge is -2.26. The van der Waals surface area contributed by atoms with Gasteiger partial charge < -0.3 is 15.0 Å². The van der Waals surface area contributed by atoms with Crippen LogP contribution in [0.2, 0.25) is 0 Å². The lowest BCUT2D eigenvalue weighted by Crippen LogP contribution is -2.41. The first kappa shape index (κ1) is 21.0. The standard InChI is InChI=1S/C22H23FN4O4/c23-17-4-1-15(2-5-17)14-27-21(29)18-6-3-16(13-19(18)25-22(27)30)20(28)24-7-8-26-9-11-31-12-10-26/h1-6,13H,7-12,14H2,(H,24,28)(H,25,30). The highest BCUT2D eigenvalue weighted by molar-refractivity contribution is 5.97. The molecule has 3 aromatic rings. The quantitative estimate of drug-likeness (QED) is 0.612. The summed E-state index contributed by atoms with van der Waals surface area (Å²) in [6.07, 6.45) is 0. The second-order valence-electron chi connectivity index (χ2n) is 7.42. The van der Waals surface area contributed by atoms with Crippen molar-refractivity contribution in [2.24, 2.45) is 0 Å². The van der Waals surface area contributed by atoms with Crippen LogP contribution in [0.1, 0.15) is 15.9 Å². The predicted octanol–water partition coefficient (Wildman–Crippen LogP) is 0.939. The maximum Gasteiger partial charge on any atom is 0.329 e. The predicted molar refractivity (Wildman–Crippen MR) is 114 cm³/mol. The summed E-state index contributed by atoms with van der Waals surface area (Å²) in [6.45, 7) is 4.33. The Kier molecular flexibility index (Phi) is 6.24. The van der Waals surface area contributed by atoms with Crippen molar-refractivity contribution in [3.8, 4) is 0 Å². The van der Waals surface area contributed by atoms with Gasteiger partial charge in [0.2, 0.25) is 0 Å². The first-order valence-corrected chi connectivity index (χ1v) is 10.1. The molecule has 0 saturated carbocycles. The molecule has 1 fully saturated rings. The lowest BCUT2D eigenvalue weighted by molar-refractivity contribution is 0.0383. The number of aromatic nitrogens is 2. The Balaban J connectivity index is 1.50. The normalized spacial score (nSPS) is 14.6. The third kappa shape index (κ3) is 4.89. The summed E-state index contributed by atoms with van der Waals surface area (Å²) in [4.78, 5) is 42.6. The van der Waals surface area contributed by atoms with E-state index < -0.39 is 11.2 Å². The summed E-state index contributed by atoms with van der Waals surface area (Å²) in [5, 5.41) is 3.16. The molecule has 2 N–H and O–H groups in total.